The summed E-state index contributed by atoms with van der Waals surface area (Å²) in [6, 6.07) is 8.27. The summed E-state index contributed by atoms with van der Waals surface area (Å²) in [4.78, 5) is 0. The first-order chi connectivity index (χ1) is 10.3. The summed E-state index contributed by atoms with van der Waals surface area (Å²) in [5, 5.41) is 7.61. The van der Waals surface area contributed by atoms with Gasteiger partial charge in [0.2, 0.25) is 0 Å². The van der Waals surface area contributed by atoms with Gasteiger partial charge in [-0.3, -0.25) is 0 Å². The Kier molecular flexibility index (Phi) is 7.23. The van der Waals surface area contributed by atoms with Gasteiger partial charge in [0.1, 0.15) is 5.75 Å². The third-order valence-electron chi connectivity index (χ3n) is 3.06. The lowest BCUT2D eigenvalue weighted by atomic mass is 10.2. The second kappa shape index (κ2) is 9.20. The van der Waals surface area contributed by atoms with E-state index in [1.165, 1.54) is 5.56 Å². The van der Waals surface area contributed by atoms with E-state index in [4.69, 9.17) is 9.47 Å². The Morgan fingerprint density at radius 1 is 1.24 bits per heavy atom. The summed E-state index contributed by atoms with van der Waals surface area (Å²) in [6.07, 6.45) is 0.932. The molecule has 0 amide bonds. The molecule has 0 aliphatic rings. The predicted molar refractivity (Wildman–Crippen MR) is 91.2 cm³/mol. The number of halogens is 1. The van der Waals surface area contributed by atoms with Crippen LogP contribution < -0.4 is 10.1 Å². The first kappa shape index (κ1) is 16.5. The van der Waals surface area contributed by atoms with E-state index in [1.807, 2.05) is 12.1 Å². The number of benzene rings is 1. The number of rotatable bonds is 9. The lowest BCUT2D eigenvalue weighted by Crippen LogP contribution is -2.19. The zero-order valence-electron chi connectivity index (χ0n) is 12.1. The fourth-order valence-corrected chi connectivity index (χ4v) is 3.18. The molecule has 0 bridgehead atoms. The molecule has 2 aromatic rings. The van der Waals surface area contributed by atoms with E-state index in [2.05, 4.69) is 44.1 Å². The average Bonchev–Trinajstić information content (AvgIpc) is 2.99. The number of hydrogen-bond donors (Lipinski definition) is 1. The minimum atomic E-state index is 0.685. The summed E-state index contributed by atoms with van der Waals surface area (Å²) in [7, 11) is 1.71. The van der Waals surface area contributed by atoms with Crippen molar-refractivity contribution in [2.75, 3.05) is 26.9 Å². The van der Waals surface area contributed by atoms with E-state index in [-0.39, 0.29) is 0 Å². The average molecular weight is 370 g/mol. The highest BCUT2D eigenvalue weighted by Crippen LogP contribution is 2.29. The van der Waals surface area contributed by atoms with Crippen LogP contribution >= 0.6 is 27.3 Å². The molecule has 1 aromatic carbocycles. The third kappa shape index (κ3) is 5.43. The summed E-state index contributed by atoms with van der Waals surface area (Å²) >= 11 is 5.29. The van der Waals surface area contributed by atoms with Gasteiger partial charge in [0.15, 0.2) is 0 Å². The maximum Gasteiger partial charge on any atom is 0.137 e. The van der Waals surface area contributed by atoms with Gasteiger partial charge in [-0.2, -0.15) is 11.3 Å². The Balaban J connectivity index is 1.90. The summed E-state index contributed by atoms with van der Waals surface area (Å²) < 4.78 is 12.0. The third-order valence-corrected chi connectivity index (χ3v) is 4.42. The monoisotopic (exact) mass is 369 g/mol. The van der Waals surface area contributed by atoms with Crippen molar-refractivity contribution in [1.82, 2.24) is 5.32 Å². The molecular weight excluding hydrogens is 350 g/mol. The SMILES string of the molecule is COCCNCc1cccc(Br)c1OCCc1ccsc1. The highest BCUT2D eigenvalue weighted by Gasteiger charge is 2.08. The van der Waals surface area contributed by atoms with Gasteiger partial charge < -0.3 is 14.8 Å². The van der Waals surface area contributed by atoms with Crippen molar-refractivity contribution in [3.63, 3.8) is 0 Å². The first-order valence-electron chi connectivity index (χ1n) is 6.92. The quantitative estimate of drug-likeness (QED) is 0.680. The van der Waals surface area contributed by atoms with Crippen LogP contribution in [0.5, 0.6) is 5.75 Å². The van der Waals surface area contributed by atoms with Gasteiger partial charge >= 0.3 is 0 Å². The molecular formula is C16H20BrNO2S. The molecule has 0 fully saturated rings. The van der Waals surface area contributed by atoms with Crippen LogP contribution in [0.3, 0.4) is 0 Å². The predicted octanol–water partition coefficient (Wildman–Crippen LogP) is 3.87. The van der Waals surface area contributed by atoms with Gasteiger partial charge in [-0.15, -0.1) is 0 Å². The molecule has 1 heterocycles. The summed E-state index contributed by atoms with van der Waals surface area (Å²) in [5.41, 5.74) is 2.48. The Morgan fingerprint density at radius 2 is 2.14 bits per heavy atom. The van der Waals surface area contributed by atoms with E-state index >= 15 is 0 Å². The normalized spacial score (nSPS) is 10.8. The maximum absolute atomic E-state index is 5.98. The fourth-order valence-electron chi connectivity index (χ4n) is 1.96. The minimum absolute atomic E-state index is 0.685. The molecule has 0 atom stereocenters. The molecule has 2 rings (SSSR count). The van der Waals surface area contributed by atoms with Crippen LogP contribution in [0, 0.1) is 0 Å². The standard InChI is InChI=1S/C16H20BrNO2S/c1-19-9-7-18-11-14-3-2-4-15(17)16(14)20-8-5-13-6-10-21-12-13/h2-4,6,10,12,18H,5,7-9,11H2,1H3. The minimum Gasteiger partial charge on any atom is -0.492 e. The van der Waals surface area contributed by atoms with Crippen molar-refractivity contribution in [2.24, 2.45) is 0 Å². The van der Waals surface area contributed by atoms with E-state index < -0.39 is 0 Å². The van der Waals surface area contributed by atoms with Crippen molar-refractivity contribution in [3.8, 4) is 5.75 Å². The van der Waals surface area contributed by atoms with Gasteiger partial charge in [-0.1, -0.05) is 12.1 Å². The largest absolute Gasteiger partial charge is 0.492 e. The van der Waals surface area contributed by atoms with Crippen molar-refractivity contribution in [2.45, 2.75) is 13.0 Å². The Labute approximate surface area is 138 Å². The summed E-state index contributed by atoms with van der Waals surface area (Å²) in [6.45, 7) is 3.00. The number of thiophene rings is 1. The zero-order chi connectivity index (χ0) is 14.9. The van der Waals surface area contributed by atoms with Gasteiger partial charge in [0.25, 0.3) is 0 Å². The number of methoxy groups -OCH3 is 1. The van der Waals surface area contributed by atoms with Crippen LogP contribution in [0.4, 0.5) is 0 Å². The maximum atomic E-state index is 5.98. The van der Waals surface area contributed by atoms with E-state index in [1.54, 1.807) is 18.4 Å². The van der Waals surface area contributed by atoms with Crippen molar-refractivity contribution < 1.29 is 9.47 Å². The van der Waals surface area contributed by atoms with Crippen molar-refractivity contribution >= 4 is 27.3 Å². The van der Waals surface area contributed by atoms with Crippen LogP contribution in [-0.4, -0.2) is 26.9 Å². The van der Waals surface area contributed by atoms with Crippen LogP contribution in [0.15, 0.2) is 39.5 Å². The first-order valence-corrected chi connectivity index (χ1v) is 8.65. The molecule has 114 valence electrons. The number of hydrogen-bond acceptors (Lipinski definition) is 4. The second-order valence-corrected chi connectivity index (χ2v) is 6.26. The van der Waals surface area contributed by atoms with Gasteiger partial charge in [0.05, 0.1) is 17.7 Å². The highest BCUT2D eigenvalue weighted by atomic mass is 79.9. The van der Waals surface area contributed by atoms with Gasteiger partial charge in [-0.25, -0.2) is 0 Å². The second-order valence-electron chi connectivity index (χ2n) is 4.63. The molecule has 0 aliphatic carbocycles. The number of ether oxygens (including phenoxy) is 2. The number of nitrogens with one attached hydrogen (secondary N) is 1. The van der Waals surface area contributed by atoms with Crippen molar-refractivity contribution in [3.05, 3.63) is 50.6 Å². The molecule has 3 nitrogen and oxygen atoms in total. The highest BCUT2D eigenvalue weighted by molar-refractivity contribution is 9.10. The fraction of sp³-hybridized carbons (Fsp3) is 0.375. The molecule has 21 heavy (non-hydrogen) atoms. The van der Waals surface area contributed by atoms with Gasteiger partial charge in [-0.05, 0) is 44.4 Å². The van der Waals surface area contributed by atoms with Gasteiger partial charge in [0, 0.05) is 32.2 Å². The smallest absolute Gasteiger partial charge is 0.137 e. The zero-order valence-corrected chi connectivity index (χ0v) is 14.5. The van der Waals surface area contributed by atoms with Crippen LogP contribution in [0.2, 0.25) is 0 Å². The molecule has 0 spiro atoms. The molecule has 0 saturated carbocycles. The molecule has 0 saturated heterocycles. The summed E-state index contributed by atoms with van der Waals surface area (Å²) in [5.74, 6) is 0.928. The lowest BCUT2D eigenvalue weighted by Gasteiger charge is -2.14. The van der Waals surface area contributed by atoms with Crippen LogP contribution in [0.25, 0.3) is 0 Å². The van der Waals surface area contributed by atoms with E-state index in [0.29, 0.717) is 13.2 Å². The van der Waals surface area contributed by atoms with Crippen LogP contribution in [0.1, 0.15) is 11.1 Å². The van der Waals surface area contributed by atoms with E-state index in [0.717, 1.165) is 35.3 Å². The molecule has 0 radical (unpaired) electrons. The van der Waals surface area contributed by atoms with Crippen LogP contribution in [-0.2, 0) is 17.7 Å². The van der Waals surface area contributed by atoms with E-state index in [9.17, 15) is 0 Å². The molecule has 1 aromatic heterocycles. The lowest BCUT2D eigenvalue weighted by molar-refractivity contribution is 0.199. The number of para-hydroxylation sites is 1. The molecule has 0 unspecified atom stereocenters. The molecule has 5 heteroatoms. The molecule has 0 aliphatic heterocycles. The van der Waals surface area contributed by atoms with Crippen molar-refractivity contribution in [1.29, 1.82) is 0 Å². The molecule has 1 N–H and O–H groups in total. The Bertz CT molecular complexity index is 531. The topological polar surface area (TPSA) is 30.5 Å². The Hall–Kier alpha value is -0.880. The Morgan fingerprint density at radius 3 is 2.90 bits per heavy atom.